The van der Waals surface area contributed by atoms with Crippen LogP contribution in [0.15, 0.2) is 24.3 Å². The van der Waals surface area contributed by atoms with Crippen molar-refractivity contribution in [3.05, 3.63) is 35.4 Å². The highest BCUT2D eigenvalue weighted by molar-refractivity contribution is 9.09. The summed E-state index contributed by atoms with van der Waals surface area (Å²) < 4.78 is 12.9. The number of alkyl halides is 2. The Morgan fingerprint density at radius 2 is 2.25 bits per heavy atom. The highest BCUT2D eigenvalue weighted by atomic mass is 79.9. The van der Waals surface area contributed by atoms with E-state index in [2.05, 4.69) is 15.9 Å². The Bertz CT molecular complexity index is 247. The molecule has 0 saturated carbocycles. The van der Waals surface area contributed by atoms with Gasteiger partial charge in [-0.3, -0.25) is 0 Å². The fraction of sp³-hybridized carbons (Fsp3) is 0.400. The van der Waals surface area contributed by atoms with Crippen molar-refractivity contribution in [2.75, 3.05) is 5.33 Å². The lowest BCUT2D eigenvalue weighted by atomic mass is 10.1. The largest absolute Gasteiger partial charge is 0.246 e. The minimum atomic E-state index is -0.771. The lowest BCUT2D eigenvalue weighted by Gasteiger charge is -2.04. The number of benzene rings is 1. The molecule has 1 rings (SSSR count). The maximum Gasteiger partial charge on any atom is 0.114 e. The number of hydrogen-bond donors (Lipinski definition) is 0. The van der Waals surface area contributed by atoms with Gasteiger partial charge in [0, 0.05) is 11.8 Å². The number of rotatable bonds is 3. The van der Waals surface area contributed by atoms with Crippen LogP contribution in [-0.4, -0.2) is 11.5 Å². The number of halogens is 2. The fourth-order valence-electron chi connectivity index (χ4n) is 1.15. The second-order valence-corrected chi connectivity index (χ2v) is 3.59. The Morgan fingerprint density at radius 1 is 1.50 bits per heavy atom. The fourth-order valence-corrected chi connectivity index (χ4v) is 1.38. The van der Waals surface area contributed by atoms with Gasteiger partial charge in [0.1, 0.15) is 6.17 Å². The molecule has 0 fully saturated rings. The van der Waals surface area contributed by atoms with Crippen LogP contribution in [0.1, 0.15) is 11.1 Å². The second-order valence-electron chi connectivity index (χ2n) is 2.94. The molecule has 0 nitrogen and oxygen atoms in total. The van der Waals surface area contributed by atoms with Crippen molar-refractivity contribution in [1.29, 1.82) is 0 Å². The third-order valence-corrected chi connectivity index (χ3v) is 2.41. The zero-order valence-corrected chi connectivity index (χ0v) is 8.64. The van der Waals surface area contributed by atoms with E-state index in [1.165, 1.54) is 5.56 Å². The van der Waals surface area contributed by atoms with Gasteiger partial charge in [0.2, 0.25) is 0 Å². The van der Waals surface area contributed by atoms with Crippen LogP contribution in [0.5, 0.6) is 0 Å². The first kappa shape index (κ1) is 9.72. The first-order valence-electron chi connectivity index (χ1n) is 3.98. The minimum absolute atomic E-state index is 0.418. The standard InChI is InChI=1S/C10H12BrF/c1-8-3-2-4-9(5-8)6-10(12)7-11/h2-5,10H,6-7H2,1H3/t10-/m1/s1. The van der Waals surface area contributed by atoms with E-state index in [4.69, 9.17) is 0 Å². The summed E-state index contributed by atoms with van der Waals surface area (Å²) in [4.78, 5) is 0. The number of aryl methyl sites for hydroxylation is 1. The number of hydrogen-bond acceptors (Lipinski definition) is 0. The van der Waals surface area contributed by atoms with E-state index < -0.39 is 6.17 Å². The molecular weight excluding hydrogens is 219 g/mol. The van der Waals surface area contributed by atoms with E-state index in [0.29, 0.717) is 11.8 Å². The molecule has 0 radical (unpaired) electrons. The van der Waals surface area contributed by atoms with Crippen LogP contribution in [-0.2, 0) is 6.42 Å². The van der Waals surface area contributed by atoms with E-state index in [-0.39, 0.29) is 0 Å². The van der Waals surface area contributed by atoms with Crippen molar-refractivity contribution >= 4 is 15.9 Å². The summed E-state index contributed by atoms with van der Waals surface area (Å²) in [6.45, 7) is 2.02. The molecule has 0 bridgehead atoms. The van der Waals surface area contributed by atoms with Crippen LogP contribution in [0.4, 0.5) is 4.39 Å². The molecule has 0 heterocycles. The minimum Gasteiger partial charge on any atom is -0.246 e. The molecule has 12 heavy (non-hydrogen) atoms. The van der Waals surface area contributed by atoms with Gasteiger partial charge in [-0.1, -0.05) is 45.8 Å². The zero-order chi connectivity index (χ0) is 8.97. The molecule has 1 atom stereocenters. The molecule has 0 aliphatic carbocycles. The van der Waals surface area contributed by atoms with Gasteiger partial charge in [-0.2, -0.15) is 0 Å². The van der Waals surface area contributed by atoms with Gasteiger partial charge in [-0.05, 0) is 12.5 Å². The van der Waals surface area contributed by atoms with E-state index in [0.717, 1.165) is 5.56 Å². The van der Waals surface area contributed by atoms with Gasteiger partial charge in [0.05, 0.1) is 0 Å². The van der Waals surface area contributed by atoms with E-state index >= 15 is 0 Å². The Balaban J connectivity index is 2.63. The Morgan fingerprint density at radius 3 is 2.83 bits per heavy atom. The predicted molar refractivity (Wildman–Crippen MR) is 53.6 cm³/mol. The highest BCUT2D eigenvalue weighted by Crippen LogP contribution is 2.09. The Kier molecular flexibility index (Phi) is 3.73. The van der Waals surface area contributed by atoms with Gasteiger partial charge in [0.25, 0.3) is 0 Å². The van der Waals surface area contributed by atoms with Crippen molar-refractivity contribution in [3.8, 4) is 0 Å². The monoisotopic (exact) mass is 230 g/mol. The topological polar surface area (TPSA) is 0 Å². The molecule has 0 aromatic heterocycles. The lowest BCUT2D eigenvalue weighted by molar-refractivity contribution is 0.368. The first-order chi connectivity index (χ1) is 5.72. The average Bonchev–Trinajstić information content (AvgIpc) is 2.04. The van der Waals surface area contributed by atoms with Crippen molar-refractivity contribution in [2.24, 2.45) is 0 Å². The highest BCUT2D eigenvalue weighted by Gasteiger charge is 2.04. The summed E-state index contributed by atoms with van der Waals surface area (Å²) in [7, 11) is 0. The van der Waals surface area contributed by atoms with Crippen LogP contribution in [0.3, 0.4) is 0 Å². The second kappa shape index (κ2) is 4.61. The summed E-state index contributed by atoms with van der Waals surface area (Å²) in [5, 5.41) is 0.418. The summed E-state index contributed by atoms with van der Waals surface area (Å²) in [6.07, 6.45) is -0.265. The van der Waals surface area contributed by atoms with Gasteiger partial charge >= 0.3 is 0 Å². The summed E-state index contributed by atoms with van der Waals surface area (Å²) in [5.74, 6) is 0. The van der Waals surface area contributed by atoms with Gasteiger partial charge in [-0.15, -0.1) is 0 Å². The third-order valence-electron chi connectivity index (χ3n) is 1.71. The smallest absolute Gasteiger partial charge is 0.114 e. The molecule has 2 heteroatoms. The molecule has 1 aromatic rings. The van der Waals surface area contributed by atoms with E-state index in [1.807, 2.05) is 31.2 Å². The predicted octanol–water partition coefficient (Wildman–Crippen LogP) is 3.27. The van der Waals surface area contributed by atoms with Crippen LogP contribution in [0.2, 0.25) is 0 Å². The molecule has 66 valence electrons. The summed E-state index contributed by atoms with van der Waals surface area (Å²) in [6, 6.07) is 7.97. The van der Waals surface area contributed by atoms with E-state index in [1.54, 1.807) is 0 Å². The summed E-state index contributed by atoms with van der Waals surface area (Å²) >= 11 is 3.12. The molecule has 0 amide bonds. The van der Waals surface area contributed by atoms with Gasteiger partial charge in [0.15, 0.2) is 0 Å². The Hall–Kier alpha value is -0.370. The summed E-state index contributed by atoms with van der Waals surface area (Å²) in [5.41, 5.74) is 2.26. The van der Waals surface area contributed by atoms with Gasteiger partial charge < -0.3 is 0 Å². The van der Waals surface area contributed by atoms with Crippen molar-refractivity contribution < 1.29 is 4.39 Å². The molecule has 0 unspecified atom stereocenters. The Labute approximate surface area is 80.9 Å². The third kappa shape index (κ3) is 2.94. The maximum absolute atomic E-state index is 12.9. The quantitative estimate of drug-likeness (QED) is 0.700. The van der Waals surface area contributed by atoms with Gasteiger partial charge in [-0.25, -0.2) is 4.39 Å². The first-order valence-corrected chi connectivity index (χ1v) is 5.10. The molecule has 0 N–H and O–H groups in total. The van der Waals surface area contributed by atoms with Crippen LogP contribution in [0, 0.1) is 6.92 Å². The van der Waals surface area contributed by atoms with Crippen LogP contribution in [0.25, 0.3) is 0 Å². The van der Waals surface area contributed by atoms with Crippen molar-refractivity contribution in [2.45, 2.75) is 19.5 Å². The van der Waals surface area contributed by atoms with E-state index in [9.17, 15) is 4.39 Å². The molecule has 0 spiro atoms. The average molecular weight is 231 g/mol. The SMILES string of the molecule is Cc1cccc(C[C@@H](F)CBr)c1. The zero-order valence-electron chi connectivity index (χ0n) is 7.06. The van der Waals surface area contributed by atoms with Crippen molar-refractivity contribution in [1.82, 2.24) is 0 Å². The molecule has 0 saturated heterocycles. The van der Waals surface area contributed by atoms with Crippen LogP contribution >= 0.6 is 15.9 Å². The molecule has 0 aliphatic rings. The normalized spacial score (nSPS) is 12.9. The van der Waals surface area contributed by atoms with Crippen molar-refractivity contribution in [3.63, 3.8) is 0 Å². The molecule has 0 aliphatic heterocycles. The molecule has 1 aromatic carbocycles. The molecular formula is C10H12BrF. The maximum atomic E-state index is 12.9. The lowest BCUT2D eigenvalue weighted by Crippen LogP contribution is -2.05. The van der Waals surface area contributed by atoms with Crippen LogP contribution < -0.4 is 0 Å².